The Labute approximate surface area is 83.0 Å². The Bertz CT molecular complexity index is 211. The van der Waals surface area contributed by atoms with Crippen LogP contribution in [0.2, 0.25) is 0 Å². The van der Waals surface area contributed by atoms with Crippen LogP contribution in [0.3, 0.4) is 0 Å². The third-order valence-corrected chi connectivity index (χ3v) is 1.47. The first kappa shape index (κ1) is 12.0. The average Bonchev–Trinajstić information content (AvgIpc) is 2.05. The predicted molar refractivity (Wildman–Crippen MR) is 51.7 cm³/mol. The lowest BCUT2D eigenvalue weighted by Gasteiger charge is -2.08. The Morgan fingerprint density at radius 1 is 1.69 bits per heavy atom. The van der Waals surface area contributed by atoms with E-state index < -0.39 is 5.43 Å². The maximum absolute atomic E-state index is 10.3. The first-order chi connectivity index (χ1) is 6.10. The Kier molecular flexibility index (Phi) is 6.06. The summed E-state index contributed by atoms with van der Waals surface area (Å²) in [5, 5.41) is 0. The van der Waals surface area contributed by atoms with Crippen molar-refractivity contribution in [1.29, 1.82) is 0 Å². The summed E-state index contributed by atoms with van der Waals surface area (Å²) < 4.78 is 9.61. The number of halogens is 1. The van der Waals surface area contributed by atoms with Crippen molar-refractivity contribution in [2.45, 2.75) is 19.4 Å². The first-order valence-corrected chi connectivity index (χ1v) is 4.20. The maximum Gasteiger partial charge on any atom is 0.404 e. The van der Waals surface area contributed by atoms with Gasteiger partial charge in [0.15, 0.2) is 0 Å². The van der Waals surface area contributed by atoms with E-state index in [-0.39, 0.29) is 6.10 Å². The number of rotatable bonds is 5. The van der Waals surface area contributed by atoms with Gasteiger partial charge in [0.1, 0.15) is 11.9 Å². The second-order valence-corrected chi connectivity index (χ2v) is 2.73. The number of carbonyl (C=O) groups excluding carboxylic acids is 1. The molecule has 0 saturated carbocycles. The van der Waals surface area contributed by atoms with E-state index in [1.807, 2.05) is 0 Å². The van der Waals surface area contributed by atoms with Crippen LogP contribution in [0.25, 0.3) is 0 Å². The lowest BCUT2D eigenvalue weighted by atomic mass is 10.2. The molecule has 0 aliphatic rings. The van der Waals surface area contributed by atoms with Gasteiger partial charge in [0.05, 0.1) is 7.11 Å². The number of hydrogen-bond acceptors (Lipinski definition) is 3. The van der Waals surface area contributed by atoms with Gasteiger partial charge >= 0.3 is 5.43 Å². The Balaban J connectivity index is 3.91. The molecule has 0 aromatic carbocycles. The minimum Gasteiger partial charge on any atom is -0.497 e. The molecule has 0 bridgehead atoms. The molecule has 0 spiro atoms. The summed E-state index contributed by atoms with van der Waals surface area (Å²) in [4.78, 5) is 10.3. The molecule has 0 aliphatic heterocycles. The quantitative estimate of drug-likeness (QED) is 0.393. The normalized spacial score (nSPS) is 13.3. The van der Waals surface area contributed by atoms with Crippen LogP contribution in [0.5, 0.6) is 0 Å². The standard InChI is InChI=1S/C9H13ClO3/c1-4-8(12-3)6-5-7(2)13-9(10)11/h4,6-7H,1,5H2,2-3H3/b8-6+/t7-/m0/s1. The molecule has 0 rings (SSSR count). The lowest BCUT2D eigenvalue weighted by molar-refractivity contribution is 0.132. The fourth-order valence-corrected chi connectivity index (χ4v) is 0.890. The van der Waals surface area contributed by atoms with Crippen molar-refractivity contribution in [2.24, 2.45) is 0 Å². The molecule has 0 unspecified atom stereocenters. The monoisotopic (exact) mass is 204 g/mol. The number of methoxy groups -OCH3 is 1. The molecule has 0 heterocycles. The Hall–Kier alpha value is -0.960. The van der Waals surface area contributed by atoms with Gasteiger partial charge in [-0.05, 0) is 19.1 Å². The predicted octanol–water partition coefficient (Wildman–Crippen LogP) is 2.86. The van der Waals surface area contributed by atoms with Crippen molar-refractivity contribution in [3.8, 4) is 0 Å². The van der Waals surface area contributed by atoms with Crippen LogP contribution in [-0.4, -0.2) is 18.6 Å². The van der Waals surface area contributed by atoms with E-state index in [4.69, 9.17) is 16.3 Å². The summed E-state index contributed by atoms with van der Waals surface area (Å²) in [7, 11) is 1.55. The van der Waals surface area contributed by atoms with Crippen molar-refractivity contribution in [3.05, 3.63) is 24.5 Å². The highest BCUT2D eigenvalue weighted by atomic mass is 35.5. The zero-order valence-corrected chi connectivity index (χ0v) is 8.50. The van der Waals surface area contributed by atoms with Crippen LogP contribution in [0.1, 0.15) is 13.3 Å². The molecule has 1 atom stereocenters. The molecule has 0 aliphatic carbocycles. The van der Waals surface area contributed by atoms with E-state index in [2.05, 4.69) is 11.3 Å². The summed E-state index contributed by atoms with van der Waals surface area (Å²) in [6.07, 6.45) is 3.65. The second kappa shape index (κ2) is 6.54. The van der Waals surface area contributed by atoms with E-state index in [9.17, 15) is 4.79 Å². The van der Waals surface area contributed by atoms with Gasteiger partial charge in [-0.15, -0.1) is 0 Å². The minimum absolute atomic E-state index is 0.255. The van der Waals surface area contributed by atoms with Crippen molar-refractivity contribution in [1.82, 2.24) is 0 Å². The molecule has 0 aromatic rings. The molecule has 0 amide bonds. The minimum atomic E-state index is -0.793. The average molecular weight is 205 g/mol. The van der Waals surface area contributed by atoms with E-state index >= 15 is 0 Å². The van der Waals surface area contributed by atoms with E-state index in [0.717, 1.165) is 0 Å². The van der Waals surface area contributed by atoms with Crippen molar-refractivity contribution in [2.75, 3.05) is 7.11 Å². The van der Waals surface area contributed by atoms with Crippen molar-refractivity contribution in [3.63, 3.8) is 0 Å². The van der Waals surface area contributed by atoms with Gasteiger partial charge in [-0.1, -0.05) is 6.58 Å². The summed E-state index contributed by atoms with van der Waals surface area (Å²) in [6, 6.07) is 0. The lowest BCUT2D eigenvalue weighted by Crippen LogP contribution is -2.08. The zero-order valence-electron chi connectivity index (χ0n) is 7.75. The SMILES string of the molecule is C=C/C(=C\C[C@H](C)OC(=O)Cl)OC. The van der Waals surface area contributed by atoms with Gasteiger partial charge in [0.25, 0.3) is 0 Å². The van der Waals surface area contributed by atoms with Gasteiger partial charge in [-0.3, -0.25) is 0 Å². The fourth-order valence-electron chi connectivity index (χ4n) is 0.738. The first-order valence-electron chi connectivity index (χ1n) is 3.82. The van der Waals surface area contributed by atoms with Gasteiger partial charge in [0, 0.05) is 18.0 Å². The van der Waals surface area contributed by atoms with Crippen LogP contribution in [0.15, 0.2) is 24.5 Å². The Morgan fingerprint density at radius 3 is 2.69 bits per heavy atom. The number of allylic oxidation sites excluding steroid dienone is 1. The highest BCUT2D eigenvalue weighted by Crippen LogP contribution is 2.05. The summed E-state index contributed by atoms with van der Waals surface area (Å²) in [6.45, 7) is 5.29. The van der Waals surface area contributed by atoms with Crippen molar-refractivity contribution >= 4 is 17.0 Å². The molecular formula is C9H13ClO3. The number of hydrogen-bond donors (Lipinski definition) is 0. The summed E-state index contributed by atoms with van der Waals surface area (Å²) in [5.74, 6) is 0.650. The van der Waals surface area contributed by atoms with E-state index in [1.54, 1.807) is 26.2 Å². The summed E-state index contributed by atoms with van der Waals surface area (Å²) >= 11 is 5.02. The smallest absolute Gasteiger partial charge is 0.404 e. The highest BCUT2D eigenvalue weighted by Gasteiger charge is 2.04. The van der Waals surface area contributed by atoms with Crippen LogP contribution in [-0.2, 0) is 9.47 Å². The molecule has 0 aromatic heterocycles. The third-order valence-electron chi connectivity index (χ3n) is 1.38. The van der Waals surface area contributed by atoms with Crippen LogP contribution in [0.4, 0.5) is 4.79 Å². The van der Waals surface area contributed by atoms with Crippen molar-refractivity contribution < 1.29 is 14.3 Å². The Morgan fingerprint density at radius 2 is 2.31 bits per heavy atom. The molecule has 0 fully saturated rings. The number of carbonyl (C=O) groups is 1. The molecular weight excluding hydrogens is 192 g/mol. The third kappa shape index (κ3) is 6.22. The van der Waals surface area contributed by atoms with Gasteiger partial charge in [-0.2, -0.15) is 0 Å². The molecule has 0 saturated heterocycles. The molecule has 74 valence electrons. The van der Waals surface area contributed by atoms with Crippen LogP contribution >= 0.6 is 11.6 Å². The largest absolute Gasteiger partial charge is 0.497 e. The van der Waals surface area contributed by atoms with E-state index in [0.29, 0.717) is 12.2 Å². The maximum atomic E-state index is 10.3. The van der Waals surface area contributed by atoms with Crippen LogP contribution in [0, 0.1) is 0 Å². The van der Waals surface area contributed by atoms with Gasteiger partial charge in [-0.25, -0.2) is 4.79 Å². The summed E-state index contributed by atoms with van der Waals surface area (Å²) in [5.41, 5.74) is -0.793. The molecule has 3 nitrogen and oxygen atoms in total. The number of ether oxygens (including phenoxy) is 2. The topological polar surface area (TPSA) is 35.5 Å². The van der Waals surface area contributed by atoms with Crippen LogP contribution < -0.4 is 0 Å². The fraction of sp³-hybridized carbons (Fsp3) is 0.444. The second-order valence-electron chi connectivity index (χ2n) is 2.42. The zero-order chi connectivity index (χ0) is 10.3. The molecule has 0 radical (unpaired) electrons. The molecule has 4 heteroatoms. The molecule has 0 N–H and O–H groups in total. The van der Waals surface area contributed by atoms with Gasteiger partial charge < -0.3 is 9.47 Å². The highest BCUT2D eigenvalue weighted by molar-refractivity contribution is 6.61. The molecule has 13 heavy (non-hydrogen) atoms. The van der Waals surface area contributed by atoms with Gasteiger partial charge in [0.2, 0.25) is 0 Å². The van der Waals surface area contributed by atoms with E-state index in [1.165, 1.54) is 0 Å².